The summed E-state index contributed by atoms with van der Waals surface area (Å²) >= 11 is 0. The number of piperazine rings is 1. The molecule has 7 heteroatoms. The van der Waals surface area contributed by atoms with Crippen LogP contribution in [0.15, 0.2) is 66.7 Å². The molecule has 0 atom stereocenters. The van der Waals surface area contributed by atoms with Gasteiger partial charge in [0.25, 0.3) is 0 Å². The van der Waals surface area contributed by atoms with Gasteiger partial charge < -0.3 is 10.6 Å². The third-order valence-corrected chi connectivity index (χ3v) is 7.76. The Hall–Kier alpha value is -4.10. The molecule has 0 saturated carbocycles. The predicted molar refractivity (Wildman–Crippen MR) is 154 cm³/mol. The number of ketones is 1. The highest BCUT2D eigenvalue weighted by atomic mass is 19.1. The number of rotatable bonds is 6. The average Bonchev–Trinajstić information content (AvgIpc) is 3.24. The molecule has 39 heavy (non-hydrogen) atoms. The Morgan fingerprint density at radius 3 is 2.15 bits per heavy atom. The lowest BCUT2D eigenvalue weighted by Crippen LogP contribution is -2.46. The maximum atomic E-state index is 13.6. The summed E-state index contributed by atoms with van der Waals surface area (Å²) in [5, 5.41) is 0. The van der Waals surface area contributed by atoms with Crippen LogP contribution in [0.2, 0.25) is 0 Å². The molecule has 198 valence electrons. The summed E-state index contributed by atoms with van der Waals surface area (Å²) in [6.07, 6.45) is 1.24. The minimum atomic E-state index is -0.356. The highest BCUT2D eigenvalue weighted by Crippen LogP contribution is 2.45. The van der Waals surface area contributed by atoms with Gasteiger partial charge in [-0.2, -0.15) is 0 Å². The highest BCUT2D eigenvalue weighted by molar-refractivity contribution is 6.25. The standard InChI is InChI=1S/C32H32FN5O/c1-20(2)14-15-37-16-18-38(19-17-37)24-12-8-21(9-13-24)25-4-3-5-26-27(25)30-28(31(26)39)29(35-32(34)36-30)22-6-10-23(33)11-7-22/h3-13,20H,14-19H2,1-2H3,(H2,34,35,36). The normalized spacial score (nSPS) is 15.1. The first-order valence-corrected chi connectivity index (χ1v) is 13.6. The van der Waals surface area contributed by atoms with E-state index in [-0.39, 0.29) is 17.5 Å². The van der Waals surface area contributed by atoms with Crippen LogP contribution in [0.5, 0.6) is 0 Å². The van der Waals surface area contributed by atoms with E-state index in [9.17, 15) is 9.18 Å². The molecule has 6 nitrogen and oxygen atoms in total. The molecule has 3 aromatic carbocycles. The number of anilines is 2. The van der Waals surface area contributed by atoms with Crippen molar-refractivity contribution in [2.75, 3.05) is 43.4 Å². The van der Waals surface area contributed by atoms with Crippen LogP contribution in [0.3, 0.4) is 0 Å². The van der Waals surface area contributed by atoms with E-state index >= 15 is 0 Å². The van der Waals surface area contributed by atoms with Crippen LogP contribution < -0.4 is 10.6 Å². The Morgan fingerprint density at radius 2 is 1.46 bits per heavy atom. The Bertz CT molecular complexity index is 1520. The monoisotopic (exact) mass is 521 g/mol. The predicted octanol–water partition coefficient (Wildman–Crippen LogP) is 5.91. The van der Waals surface area contributed by atoms with Crippen molar-refractivity contribution in [2.24, 2.45) is 5.92 Å². The minimum Gasteiger partial charge on any atom is -0.369 e. The molecule has 4 aromatic rings. The zero-order valence-corrected chi connectivity index (χ0v) is 22.3. The number of carbonyl (C=O) groups excluding carboxylic acids is 1. The van der Waals surface area contributed by atoms with Crippen molar-refractivity contribution in [2.45, 2.75) is 20.3 Å². The topological polar surface area (TPSA) is 75.3 Å². The van der Waals surface area contributed by atoms with Crippen LogP contribution in [0, 0.1) is 11.7 Å². The SMILES string of the molecule is CC(C)CCN1CCN(c2ccc(-c3cccc4c3-c3nc(N)nc(-c5ccc(F)cc5)c3C4=O)cc2)CC1. The zero-order chi connectivity index (χ0) is 27.1. The lowest BCUT2D eigenvalue weighted by atomic mass is 9.96. The fourth-order valence-electron chi connectivity index (χ4n) is 5.58. The van der Waals surface area contributed by atoms with E-state index in [1.54, 1.807) is 12.1 Å². The molecule has 0 spiro atoms. The van der Waals surface area contributed by atoms with E-state index in [0.29, 0.717) is 28.1 Å². The molecule has 1 saturated heterocycles. The van der Waals surface area contributed by atoms with E-state index in [1.165, 1.54) is 30.8 Å². The first kappa shape index (κ1) is 25.2. The van der Waals surface area contributed by atoms with Gasteiger partial charge in [0.1, 0.15) is 5.82 Å². The molecule has 0 radical (unpaired) electrons. The van der Waals surface area contributed by atoms with Crippen molar-refractivity contribution in [3.8, 4) is 33.6 Å². The molecule has 2 aliphatic rings. The average molecular weight is 522 g/mol. The summed E-state index contributed by atoms with van der Waals surface area (Å²) in [6.45, 7) is 9.92. The number of nitrogens with zero attached hydrogens (tertiary/aromatic N) is 4. The third kappa shape index (κ3) is 4.79. The van der Waals surface area contributed by atoms with Crippen LogP contribution in [0.1, 0.15) is 36.2 Å². The van der Waals surface area contributed by atoms with Gasteiger partial charge in [0.05, 0.1) is 17.0 Å². The van der Waals surface area contributed by atoms with Gasteiger partial charge in [-0.05, 0) is 66.4 Å². The Labute approximate surface area is 228 Å². The number of fused-ring (bicyclic) bond motifs is 3. The second-order valence-corrected chi connectivity index (χ2v) is 10.8. The molecule has 6 rings (SSSR count). The zero-order valence-electron chi connectivity index (χ0n) is 22.3. The molecule has 1 aliphatic carbocycles. The van der Waals surface area contributed by atoms with Gasteiger partial charge in [0.2, 0.25) is 5.95 Å². The van der Waals surface area contributed by atoms with Crippen molar-refractivity contribution in [1.82, 2.24) is 14.9 Å². The lowest BCUT2D eigenvalue weighted by Gasteiger charge is -2.36. The number of aromatic nitrogens is 2. The van der Waals surface area contributed by atoms with Crippen molar-refractivity contribution in [1.29, 1.82) is 0 Å². The van der Waals surface area contributed by atoms with E-state index in [2.05, 4.69) is 57.9 Å². The van der Waals surface area contributed by atoms with Crippen LogP contribution in [-0.4, -0.2) is 53.4 Å². The first-order chi connectivity index (χ1) is 18.9. The fourth-order valence-corrected chi connectivity index (χ4v) is 5.58. The van der Waals surface area contributed by atoms with Crippen LogP contribution in [0.25, 0.3) is 33.6 Å². The minimum absolute atomic E-state index is 0.0754. The number of benzene rings is 3. The molecule has 2 N–H and O–H groups in total. The van der Waals surface area contributed by atoms with Gasteiger partial charge in [-0.1, -0.05) is 44.2 Å². The maximum Gasteiger partial charge on any atom is 0.221 e. The van der Waals surface area contributed by atoms with Crippen molar-refractivity contribution in [3.05, 3.63) is 83.7 Å². The summed E-state index contributed by atoms with van der Waals surface area (Å²) in [4.78, 5) is 27.5. The quantitative estimate of drug-likeness (QED) is 0.299. The number of carbonyl (C=O) groups is 1. The Kier molecular flexibility index (Phi) is 6.61. The second-order valence-electron chi connectivity index (χ2n) is 10.8. The summed E-state index contributed by atoms with van der Waals surface area (Å²) in [6, 6.07) is 20.2. The highest BCUT2D eigenvalue weighted by Gasteiger charge is 2.34. The summed E-state index contributed by atoms with van der Waals surface area (Å²) in [5.74, 6) is 0.306. The van der Waals surface area contributed by atoms with E-state index < -0.39 is 0 Å². The lowest BCUT2D eigenvalue weighted by molar-refractivity contribution is 0.104. The van der Waals surface area contributed by atoms with Gasteiger partial charge in [-0.15, -0.1) is 0 Å². The smallest absolute Gasteiger partial charge is 0.221 e. The van der Waals surface area contributed by atoms with Gasteiger partial charge in [-0.3, -0.25) is 9.69 Å². The molecule has 1 aliphatic heterocycles. The molecule has 0 amide bonds. The molecule has 0 unspecified atom stereocenters. The van der Waals surface area contributed by atoms with E-state index in [0.717, 1.165) is 48.8 Å². The molecule has 1 fully saturated rings. The number of halogens is 1. The molecule has 2 heterocycles. The van der Waals surface area contributed by atoms with Crippen LogP contribution in [-0.2, 0) is 0 Å². The molecule has 1 aromatic heterocycles. The second kappa shape index (κ2) is 10.2. The first-order valence-electron chi connectivity index (χ1n) is 13.6. The van der Waals surface area contributed by atoms with Gasteiger partial charge >= 0.3 is 0 Å². The molecule has 0 bridgehead atoms. The largest absolute Gasteiger partial charge is 0.369 e. The fraction of sp³-hybridized carbons (Fsp3) is 0.281. The summed E-state index contributed by atoms with van der Waals surface area (Å²) < 4.78 is 13.6. The van der Waals surface area contributed by atoms with Crippen LogP contribution >= 0.6 is 0 Å². The van der Waals surface area contributed by atoms with E-state index in [1.807, 2.05) is 18.2 Å². The van der Waals surface area contributed by atoms with Gasteiger partial charge in [-0.25, -0.2) is 14.4 Å². The number of hydrogen-bond donors (Lipinski definition) is 1. The van der Waals surface area contributed by atoms with E-state index in [4.69, 9.17) is 5.73 Å². The molecular weight excluding hydrogens is 489 g/mol. The number of nitrogen functional groups attached to an aromatic ring is 1. The number of hydrogen-bond acceptors (Lipinski definition) is 6. The van der Waals surface area contributed by atoms with Crippen molar-refractivity contribution in [3.63, 3.8) is 0 Å². The van der Waals surface area contributed by atoms with Gasteiger partial charge in [0.15, 0.2) is 5.78 Å². The van der Waals surface area contributed by atoms with Gasteiger partial charge in [0, 0.05) is 48.6 Å². The summed E-state index contributed by atoms with van der Waals surface area (Å²) in [5.41, 5.74) is 12.6. The number of nitrogens with two attached hydrogens (primary N) is 1. The molecular formula is C32H32FN5O. The maximum absolute atomic E-state index is 13.6. The summed E-state index contributed by atoms with van der Waals surface area (Å²) in [7, 11) is 0. The third-order valence-electron chi connectivity index (χ3n) is 7.76. The Morgan fingerprint density at radius 1 is 0.821 bits per heavy atom. The Balaban J connectivity index is 1.31. The van der Waals surface area contributed by atoms with Crippen LogP contribution in [0.4, 0.5) is 16.0 Å². The van der Waals surface area contributed by atoms with Crippen molar-refractivity contribution < 1.29 is 9.18 Å². The van der Waals surface area contributed by atoms with Crippen molar-refractivity contribution >= 4 is 17.4 Å².